The van der Waals surface area contributed by atoms with Crippen molar-refractivity contribution in [1.29, 1.82) is 0 Å². The van der Waals surface area contributed by atoms with Crippen molar-refractivity contribution in [2.75, 3.05) is 5.75 Å². The van der Waals surface area contributed by atoms with Crippen molar-refractivity contribution in [2.24, 2.45) is 18.8 Å². The minimum absolute atomic E-state index is 0.165. The molecule has 1 atom stereocenters. The van der Waals surface area contributed by atoms with Crippen LogP contribution in [0.1, 0.15) is 6.92 Å². The van der Waals surface area contributed by atoms with Crippen molar-refractivity contribution >= 4 is 17.7 Å². The standard InChI is InChI=1S/C6H12N6OS/c1-4(5(13)8-7)3-14-6-9-10-11-12(6)2/h4H,3,7H2,1-2H3,(H,8,13). The fourth-order valence-electron chi connectivity index (χ4n) is 0.761. The molecule has 1 rings (SSSR count). The highest BCUT2D eigenvalue weighted by atomic mass is 32.2. The maximum Gasteiger partial charge on any atom is 0.237 e. The number of nitrogens with two attached hydrogens (primary N) is 1. The van der Waals surface area contributed by atoms with Gasteiger partial charge in [0.1, 0.15) is 0 Å². The minimum atomic E-state index is -0.187. The number of tetrazole rings is 1. The molecule has 1 amide bonds. The van der Waals surface area contributed by atoms with Crippen LogP contribution in [0.4, 0.5) is 0 Å². The van der Waals surface area contributed by atoms with Gasteiger partial charge in [-0.25, -0.2) is 10.5 Å². The molecule has 8 heteroatoms. The first-order chi connectivity index (χ1) is 6.65. The summed E-state index contributed by atoms with van der Waals surface area (Å²) in [7, 11) is 1.75. The number of hydrogen-bond acceptors (Lipinski definition) is 6. The van der Waals surface area contributed by atoms with Gasteiger partial charge in [0.15, 0.2) is 0 Å². The molecule has 0 fully saturated rings. The van der Waals surface area contributed by atoms with Crippen LogP contribution < -0.4 is 11.3 Å². The molecule has 78 valence electrons. The van der Waals surface area contributed by atoms with Crippen LogP contribution in [0.2, 0.25) is 0 Å². The number of hydrogen-bond donors (Lipinski definition) is 2. The first-order valence-corrected chi connectivity index (χ1v) is 4.99. The Labute approximate surface area is 85.4 Å². The smallest absolute Gasteiger partial charge is 0.237 e. The molecule has 0 saturated carbocycles. The number of carbonyl (C=O) groups is 1. The summed E-state index contributed by atoms with van der Waals surface area (Å²) in [5.74, 6) is 5.24. The average molecular weight is 216 g/mol. The van der Waals surface area contributed by atoms with E-state index < -0.39 is 0 Å². The summed E-state index contributed by atoms with van der Waals surface area (Å²) in [6, 6.07) is 0. The SMILES string of the molecule is CC(CSc1nnnn1C)C(=O)NN. The van der Waals surface area contributed by atoms with E-state index in [4.69, 9.17) is 5.84 Å². The second-order valence-corrected chi connectivity index (χ2v) is 3.79. The fraction of sp³-hybridized carbons (Fsp3) is 0.667. The summed E-state index contributed by atoms with van der Waals surface area (Å²) in [6.07, 6.45) is 0. The van der Waals surface area contributed by atoms with Crippen molar-refractivity contribution in [3.05, 3.63) is 0 Å². The van der Waals surface area contributed by atoms with Gasteiger partial charge in [-0.05, 0) is 10.4 Å². The molecule has 1 heterocycles. The molecule has 0 aromatic carbocycles. The molecule has 3 N–H and O–H groups in total. The molecule has 0 aliphatic heterocycles. The predicted octanol–water partition coefficient (Wildman–Crippen LogP) is -1.07. The van der Waals surface area contributed by atoms with Crippen molar-refractivity contribution in [2.45, 2.75) is 12.1 Å². The summed E-state index contributed by atoms with van der Waals surface area (Å²) >= 11 is 1.42. The highest BCUT2D eigenvalue weighted by Gasteiger charge is 2.13. The number of nitrogens with zero attached hydrogens (tertiary/aromatic N) is 4. The van der Waals surface area contributed by atoms with Gasteiger partial charge in [0, 0.05) is 18.7 Å². The largest absolute Gasteiger partial charge is 0.294 e. The molecular weight excluding hydrogens is 204 g/mol. The normalized spacial score (nSPS) is 12.5. The third-order valence-electron chi connectivity index (χ3n) is 1.63. The van der Waals surface area contributed by atoms with Gasteiger partial charge in [0.2, 0.25) is 11.1 Å². The number of amides is 1. The van der Waals surface area contributed by atoms with Crippen molar-refractivity contribution in [3.8, 4) is 0 Å². The van der Waals surface area contributed by atoms with Gasteiger partial charge in [0.05, 0.1) is 0 Å². The highest BCUT2D eigenvalue weighted by Crippen LogP contribution is 2.16. The van der Waals surface area contributed by atoms with E-state index >= 15 is 0 Å². The van der Waals surface area contributed by atoms with E-state index in [0.717, 1.165) is 0 Å². The maximum absolute atomic E-state index is 11.0. The van der Waals surface area contributed by atoms with Crippen LogP contribution in [0.5, 0.6) is 0 Å². The van der Waals surface area contributed by atoms with Gasteiger partial charge in [0.25, 0.3) is 0 Å². The molecule has 0 spiro atoms. The topological polar surface area (TPSA) is 98.7 Å². The fourth-order valence-corrected chi connectivity index (χ4v) is 1.63. The number of thioether (sulfide) groups is 1. The molecule has 0 radical (unpaired) electrons. The third-order valence-corrected chi connectivity index (χ3v) is 2.90. The third kappa shape index (κ3) is 2.67. The first kappa shape index (κ1) is 10.9. The molecule has 7 nitrogen and oxygen atoms in total. The molecule has 0 aliphatic rings. The molecular formula is C6H12N6OS. The number of aromatic nitrogens is 4. The van der Waals surface area contributed by atoms with Crippen LogP contribution in [0, 0.1) is 5.92 Å². The van der Waals surface area contributed by atoms with Gasteiger partial charge < -0.3 is 0 Å². The van der Waals surface area contributed by atoms with Gasteiger partial charge in [-0.15, -0.1) is 5.10 Å². The summed E-state index contributed by atoms with van der Waals surface area (Å²) in [5, 5.41) is 11.6. The predicted molar refractivity (Wildman–Crippen MR) is 51.0 cm³/mol. The summed E-state index contributed by atoms with van der Waals surface area (Å²) in [5.41, 5.74) is 2.10. The molecule has 1 aromatic rings. The summed E-state index contributed by atoms with van der Waals surface area (Å²) in [4.78, 5) is 11.0. The van der Waals surface area contributed by atoms with Gasteiger partial charge in [-0.2, -0.15) is 0 Å². The molecule has 0 bridgehead atoms. The Bertz CT molecular complexity index is 313. The number of carbonyl (C=O) groups excluding carboxylic acids is 1. The van der Waals surface area contributed by atoms with Crippen molar-refractivity contribution in [1.82, 2.24) is 25.6 Å². The van der Waals surface area contributed by atoms with E-state index in [1.165, 1.54) is 11.8 Å². The molecule has 14 heavy (non-hydrogen) atoms. The van der Waals surface area contributed by atoms with Crippen LogP contribution in [-0.4, -0.2) is 31.9 Å². The van der Waals surface area contributed by atoms with E-state index in [9.17, 15) is 4.79 Å². The van der Waals surface area contributed by atoms with Gasteiger partial charge >= 0.3 is 0 Å². The Morgan fingerprint density at radius 3 is 3.00 bits per heavy atom. The van der Waals surface area contributed by atoms with Crippen molar-refractivity contribution in [3.63, 3.8) is 0 Å². The monoisotopic (exact) mass is 216 g/mol. The quantitative estimate of drug-likeness (QED) is 0.288. The molecule has 0 aliphatic carbocycles. The second kappa shape index (κ2) is 4.91. The zero-order chi connectivity index (χ0) is 10.6. The van der Waals surface area contributed by atoms with E-state index in [2.05, 4.69) is 21.0 Å². The van der Waals surface area contributed by atoms with E-state index in [0.29, 0.717) is 10.9 Å². The Balaban J connectivity index is 2.41. The number of hydrazine groups is 1. The highest BCUT2D eigenvalue weighted by molar-refractivity contribution is 7.99. The van der Waals surface area contributed by atoms with Gasteiger partial charge in [-0.1, -0.05) is 18.7 Å². The maximum atomic E-state index is 11.0. The Morgan fingerprint density at radius 2 is 2.50 bits per heavy atom. The Hall–Kier alpha value is -1.15. The minimum Gasteiger partial charge on any atom is -0.294 e. The van der Waals surface area contributed by atoms with Crippen LogP contribution in [0.3, 0.4) is 0 Å². The summed E-state index contributed by atoms with van der Waals surface area (Å²) in [6.45, 7) is 1.79. The van der Waals surface area contributed by atoms with E-state index in [1.54, 1.807) is 18.7 Å². The zero-order valence-corrected chi connectivity index (χ0v) is 8.78. The van der Waals surface area contributed by atoms with E-state index in [-0.39, 0.29) is 11.8 Å². The van der Waals surface area contributed by atoms with Crippen LogP contribution in [-0.2, 0) is 11.8 Å². The Morgan fingerprint density at radius 1 is 1.79 bits per heavy atom. The second-order valence-electron chi connectivity index (χ2n) is 2.81. The zero-order valence-electron chi connectivity index (χ0n) is 7.97. The average Bonchev–Trinajstić information content (AvgIpc) is 2.59. The lowest BCUT2D eigenvalue weighted by molar-refractivity contribution is -0.123. The van der Waals surface area contributed by atoms with Crippen LogP contribution in [0.25, 0.3) is 0 Å². The molecule has 1 unspecified atom stereocenters. The van der Waals surface area contributed by atoms with Crippen molar-refractivity contribution < 1.29 is 4.79 Å². The molecule has 1 aromatic heterocycles. The Kier molecular flexibility index (Phi) is 3.84. The van der Waals surface area contributed by atoms with Crippen LogP contribution >= 0.6 is 11.8 Å². The number of nitrogens with one attached hydrogen (secondary N) is 1. The lowest BCUT2D eigenvalue weighted by Crippen LogP contribution is -2.35. The lowest BCUT2D eigenvalue weighted by atomic mass is 10.2. The molecule has 0 saturated heterocycles. The first-order valence-electron chi connectivity index (χ1n) is 4.00. The summed E-state index contributed by atoms with van der Waals surface area (Å²) < 4.78 is 1.55. The van der Waals surface area contributed by atoms with Crippen LogP contribution in [0.15, 0.2) is 5.16 Å². The number of aryl methyl sites for hydroxylation is 1. The number of rotatable bonds is 4. The lowest BCUT2D eigenvalue weighted by Gasteiger charge is -2.07. The van der Waals surface area contributed by atoms with E-state index in [1.807, 2.05) is 0 Å². The van der Waals surface area contributed by atoms with Gasteiger partial charge in [-0.3, -0.25) is 10.2 Å².